The SMILES string of the molecule is CCCCCCCCCCCCCCCCCCCCCCCCCOCC(COP(=O)(O)OC1C(O)C(O)C(O)C(O)C1O)OC(=O)CCCCCCCCCCCCCCCCCCCCCCCCC. The Morgan fingerprint density at radius 3 is 0.945 bits per heavy atom. The molecule has 0 aromatic carbocycles. The maximum absolute atomic E-state index is 12.9. The zero-order chi connectivity index (χ0) is 53.3. The van der Waals surface area contributed by atoms with Crippen LogP contribution < -0.4 is 0 Å². The summed E-state index contributed by atoms with van der Waals surface area (Å²) in [6.45, 7) is 4.36. The van der Waals surface area contributed by atoms with Crippen LogP contribution >= 0.6 is 7.82 Å². The highest BCUT2D eigenvalue weighted by Gasteiger charge is 2.51. The average molecular weight is 1060 g/mol. The van der Waals surface area contributed by atoms with Gasteiger partial charge in [0.05, 0.1) is 13.2 Å². The van der Waals surface area contributed by atoms with Gasteiger partial charge in [-0.15, -0.1) is 0 Å². The van der Waals surface area contributed by atoms with E-state index in [0.29, 0.717) is 13.0 Å². The molecule has 6 atom stereocenters. The molecule has 12 nitrogen and oxygen atoms in total. The molecule has 0 amide bonds. The second-order valence-corrected chi connectivity index (χ2v) is 23.7. The Labute approximate surface area is 448 Å². The van der Waals surface area contributed by atoms with Gasteiger partial charge in [-0.2, -0.15) is 0 Å². The highest BCUT2D eigenvalue weighted by molar-refractivity contribution is 7.47. The van der Waals surface area contributed by atoms with Crippen molar-refractivity contribution in [3.8, 4) is 0 Å². The van der Waals surface area contributed by atoms with Gasteiger partial charge in [0.25, 0.3) is 0 Å². The maximum atomic E-state index is 12.9. The van der Waals surface area contributed by atoms with E-state index in [2.05, 4.69) is 13.8 Å². The molecule has 0 aromatic heterocycles. The molecule has 0 saturated heterocycles. The van der Waals surface area contributed by atoms with Gasteiger partial charge in [-0.3, -0.25) is 13.8 Å². The Hall–Kier alpha value is -0.660. The van der Waals surface area contributed by atoms with Crippen LogP contribution in [0.1, 0.15) is 316 Å². The van der Waals surface area contributed by atoms with E-state index in [9.17, 15) is 39.8 Å². The lowest BCUT2D eigenvalue weighted by molar-refractivity contribution is -0.220. The number of aliphatic hydroxyl groups excluding tert-OH is 5. The lowest BCUT2D eigenvalue weighted by Gasteiger charge is -2.41. The van der Waals surface area contributed by atoms with Crippen LogP contribution in [0.25, 0.3) is 0 Å². The van der Waals surface area contributed by atoms with Crippen LogP contribution in [0.3, 0.4) is 0 Å². The van der Waals surface area contributed by atoms with Gasteiger partial charge >= 0.3 is 13.8 Å². The number of rotatable bonds is 56. The molecule has 1 saturated carbocycles. The van der Waals surface area contributed by atoms with Gasteiger partial charge in [0.15, 0.2) is 0 Å². The average Bonchev–Trinajstić information content (AvgIpc) is 3.38. The van der Waals surface area contributed by atoms with Crippen LogP contribution in [-0.2, 0) is 27.9 Å². The van der Waals surface area contributed by atoms with E-state index in [0.717, 1.165) is 38.5 Å². The Kier molecular flexibility index (Phi) is 49.0. The summed E-state index contributed by atoms with van der Waals surface area (Å²) in [5.41, 5.74) is 0. The highest BCUT2D eigenvalue weighted by Crippen LogP contribution is 2.47. The number of ether oxygens (including phenoxy) is 2. The molecule has 1 fully saturated rings. The minimum atomic E-state index is -5.02. The van der Waals surface area contributed by atoms with E-state index in [1.807, 2.05) is 0 Å². The zero-order valence-corrected chi connectivity index (χ0v) is 48.4. The summed E-state index contributed by atoms with van der Waals surface area (Å²) in [5, 5.41) is 50.5. The van der Waals surface area contributed by atoms with Gasteiger partial charge in [-0.25, -0.2) is 4.57 Å². The fourth-order valence-corrected chi connectivity index (χ4v) is 11.3. The molecular formula is C60H119O12P. The summed E-state index contributed by atoms with van der Waals surface area (Å²) in [7, 11) is -5.02. The fourth-order valence-electron chi connectivity index (χ4n) is 10.3. The summed E-state index contributed by atoms with van der Waals surface area (Å²) in [6, 6.07) is 0. The summed E-state index contributed by atoms with van der Waals surface area (Å²) in [5.74, 6) is -0.465. The first-order valence-corrected chi connectivity index (χ1v) is 32.9. The number of aliphatic hydroxyl groups is 5. The molecule has 0 aliphatic heterocycles. The van der Waals surface area contributed by atoms with Crippen LogP contribution in [0.5, 0.6) is 0 Å². The molecule has 1 aliphatic rings. The number of esters is 1. The first-order chi connectivity index (χ1) is 35.5. The van der Waals surface area contributed by atoms with Gasteiger partial charge in [-0.05, 0) is 12.8 Å². The van der Waals surface area contributed by atoms with E-state index in [4.69, 9.17) is 18.5 Å². The van der Waals surface area contributed by atoms with Crippen molar-refractivity contribution in [2.24, 2.45) is 0 Å². The number of phosphoric acid groups is 1. The van der Waals surface area contributed by atoms with E-state index < -0.39 is 63.1 Å². The van der Waals surface area contributed by atoms with Gasteiger partial charge in [0.2, 0.25) is 0 Å². The predicted octanol–water partition coefficient (Wildman–Crippen LogP) is 15.6. The second kappa shape index (κ2) is 50.8. The van der Waals surface area contributed by atoms with Crippen molar-refractivity contribution < 1.29 is 58.3 Å². The molecule has 0 spiro atoms. The standard InChI is InChI=1S/C60H119O12P/c1-3-5-7-9-11-13-15-17-19-21-23-25-27-29-31-33-35-37-39-41-43-45-47-49-54(61)71-53(52-70-73(67,68)72-60-58(65)56(63)55(62)57(64)59(60)66)51-69-50-48-46-44-42-40-38-36-34-32-30-28-26-24-22-20-18-16-14-12-10-8-6-4-2/h53,55-60,62-66H,3-52H2,1-2H3,(H,67,68). The molecule has 73 heavy (non-hydrogen) atoms. The highest BCUT2D eigenvalue weighted by atomic mass is 31.2. The zero-order valence-electron chi connectivity index (χ0n) is 47.5. The Balaban J connectivity index is 2.22. The van der Waals surface area contributed by atoms with Crippen molar-refractivity contribution in [2.45, 2.75) is 358 Å². The van der Waals surface area contributed by atoms with Crippen molar-refractivity contribution in [1.29, 1.82) is 0 Å². The second-order valence-electron chi connectivity index (χ2n) is 22.3. The molecule has 6 unspecified atom stereocenters. The monoisotopic (exact) mass is 1060 g/mol. The molecule has 436 valence electrons. The number of carbonyl (C=O) groups is 1. The Morgan fingerprint density at radius 1 is 0.384 bits per heavy atom. The molecule has 0 heterocycles. The lowest BCUT2D eigenvalue weighted by Crippen LogP contribution is -2.64. The number of hydrogen-bond acceptors (Lipinski definition) is 11. The van der Waals surface area contributed by atoms with E-state index in [1.54, 1.807) is 0 Å². The number of unbranched alkanes of at least 4 members (excludes halogenated alkanes) is 44. The number of carbonyl (C=O) groups excluding carboxylic acids is 1. The minimum absolute atomic E-state index is 0.0667. The van der Waals surface area contributed by atoms with Crippen molar-refractivity contribution in [3.63, 3.8) is 0 Å². The topological polar surface area (TPSA) is 192 Å². The molecule has 1 aliphatic carbocycles. The van der Waals surface area contributed by atoms with Crippen LogP contribution in [0.4, 0.5) is 0 Å². The summed E-state index contributed by atoms with van der Waals surface area (Å²) < 4.78 is 34.5. The fraction of sp³-hybridized carbons (Fsp3) is 0.983. The number of phosphoric ester groups is 1. The summed E-state index contributed by atoms with van der Waals surface area (Å²) >= 11 is 0. The maximum Gasteiger partial charge on any atom is 0.472 e. The van der Waals surface area contributed by atoms with E-state index in [-0.39, 0.29) is 13.0 Å². The van der Waals surface area contributed by atoms with Gasteiger partial charge < -0.3 is 39.9 Å². The molecule has 6 N–H and O–H groups in total. The quantitative estimate of drug-likeness (QED) is 0.0192. The molecule has 0 aromatic rings. The normalized spacial score (nSPS) is 20.4. The van der Waals surface area contributed by atoms with Crippen LogP contribution in [0, 0.1) is 0 Å². The summed E-state index contributed by atoms with van der Waals surface area (Å²) in [4.78, 5) is 23.4. The van der Waals surface area contributed by atoms with Gasteiger partial charge in [0.1, 0.15) is 42.7 Å². The van der Waals surface area contributed by atoms with E-state index >= 15 is 0 Å². The van der Waals surface area contributed by atoms with Crippen LogP contribution in [0.15, 0.2) is 0 Å². The third-order valence-electron chi connectivity index (χ3n) is 15.2. The molecule has 13 heteroatoms. The molecular weight excluding hydrogens is 944 g/mol. The molecule has 0 bridgehead atoms. The summed E-state index contributed by atoms with van der Waals surface area (Å²) in [6.07, 6.45) is 47.6. The van der Waals surface area contributed by atoms with Gasteiger partial charge in [-0.1, -0.05) is 296 Å². The molecule has 1 rings (SSSR count). The third-order valence-corrected chi connectivity index (χ3v) is 16.2. The Bertz CT molecular complexity index is 1210. The van der Waals surface area contributed by atoms with Crippen molar-refractivity contribution in [2.75, 3.05) is 19.8 Å². The Morgan fingerprint density at radius 2 is 0.644 bits per heavy atom. The first kappa shape index (κ1) is 70.4. The van der Waals surface area contributed by atoms with Crippen molar-refractivity contribution in [3.05, 3.63) is 0 Å². The third kappa shape index (κ3) is 42.0. The van der Waals surface area contributed by atoms with E-state index in [1.165, 1.54) is 250 Å². The van der Waals surface area contributed by atoms with Crippen molar-refractivity contribution in [1.82, 2.24) is 0 Å². The largest absolute Gasteiger partial charge is 0.472 e. The predicted molar refractivity (Wildman–Crippen MR) is 300 cm³/mol. The smallest absolute Gasteiger partial charge is 0.457 e. The first-order valence-electron chi connectivity index (χ1n) is 31.4. The number of hydrogen-bond donors (Lipinski definition) is 6. The van der Waals surface area contributed by atoms with Crippen LogP contribution in [0.2, 0.25) is 0 Å². The molecule has 0 radical (unpaired) electrons. The van der Waals surface area contributed by atoms with Crippen molar-refractivity contribution >= 4 is 13.8 Å². The lowest BCUT2D eigenvalue weighted by atomic mass is 9.85. The van der Waals surface area contributed by atoms with Gasteiger partial charge in [0, 0.05) is 13.0 Å². The minimum Gasteiger partial charge on any atom is -0.457 e. The van der Waals surface area contributed by atoms with Crippen LogP contribution in [-0.4, -0.2) is 98.9 Å².